The highest BCUT2D eigenvalue weighted by Crippen LogP contribution is 2.30. The van der Waals surface area contributed by atoms with Crippen LogP contribution in [0, 0.1) is 12.8 Å². The normalized spacial score (nSPS) is 21.3. The highest BCUT2D eigenvalue weighted by atomic mass is 16.5. The van der Waals surface area contributed by atoms with Crippen LogP contribution in [0.1, 0.15) is 41.6 Å². The Bertz CT molecular complexity index is 498. The third-order valence-corrected chi connectivity index (χ3v) is 4.53. The lowest BCUT2D eigenvalue weighted by atomic mass is 9.86. The molecule has 1 fully saturated rings. The van der Waals surface area contributed by atoms with Gasteiger partial charge in [-0.3, -0.25) is 4.79 Å². The number of methoxy groups -OCH3 is 2. The van der Waals surface area contributed by atoms with Gasteiger partial charge < -0.3 is 20.5 Å². The molecule has 5 nitrogen and oxygen atoms in total. The second-order valence-electron chi connectivity index (χ2n) is 5.93. The number of nitrogens with one attached hydrogen (secondary N) is 1. The first-order valence-electron chi connectivity index (χ1n) is 7.82. The summed E-state index contributed by atoms with van der Waals surface area (Å²) in [7, 11) is 3.19. The lowest BCUT2D eigenvalue weighted by Crippen LogP contribution is -2.38. The summed E-state index contributed by atoms with van der Waals surface area (Å²) in [5, 5.41) is 3.11. The summed E-state index contributed by atoms with van der Waals surface area (Å²) in [6.07, 6.45) is 4.16. The van der Waals surface area contributed by atoms with Gasteiger partial charge in [-0.05, 0) is 57.2 Å². The van der Waals surface area contributed by atoms with Crippen LogP contribution < -0.4 is 20.5 Å². The standard InChI is InChI=1S/C17H26N2O3/c1-11-15(21-2)8-13(9-16(11)22-3)17(20)19-14-6-4-12(10-18)5-7-14/h8-9,12,14H,4-7,10,18H2,1-3H3,(H,19,20). The SMILES string of the molecule is COc1cc(C(=O)NC2CCC(CN)CC2)cc(OC)c1C. The Morgan fingerprint density at radius 2 is 1.73 bits per heavy atom. The molecule has 0 heterocycles. The maximum atomic E-state index is 12.5. The van der Waals surface area contributed by atoms with E-state index < -0.39 is 0 Å². The van der Waals surface area contributed by atoms with Crippen molar-refractivity contribution in [1.29, 1.82) is 0 Å². The molecule has 22 heavy (non-hydrogen) atoms. The second-order valence-corrected chi connectivity index (χ2v) is 5.93. The first-order chi connectivity index (χ1) is 10.6. The first kappa shape index (κ1) is 16.6. The zero-order valence-electron chi connectivity index (χ0n) is 13.6. The number of hydrogen-bond donors (Lipinski definition) is 2. The molecule has 0 bridgehead atoms. The molecule has 0 unspecified atom stereocenters. The molecule has 3 N–H and O–H groups in total. The molecular formula is C17H26N2O3. The molecule has 1 amide bonds. The second kappa shape index (κ2) is 7.49. The van der Waals surface area contributed by atoms with E-state index in [-0.39, 0.29) is 11.9 Å². The van der Waals surface area contributed by atoms with E-state index in [2.05, 4.69) is 5.32 Å². The van der Waals surface area contributed by atoms with Gasteiger partial charge >= 0.3 is 0 Å². The van der Waals surface area contributed by atoms with Gasteiger partial charge in [0.2, 0.25) is 0 Å². The van der Waals surface area contributed by atoms with Crippen LogP contribution in [0.4, 0.5) is 0 Å². The largest absolute Gasteiger partial charge is 0.496 e. The number of hydrogen-bond acceptors (Lipinski definition) is 4. The van der Waals surface area contributed by atoms with Crippen molar-refractivity contribution < 1.29 is 14.3 Å². The van der Waals surface area contributed by atoms with Crippen LogP contribution in [-0.2, 0) is 0 Å². The molecule has 122 valence electrons. The van der Waals surface area contributed by atoms with Gasteiger partial charge in [0, 0.05) is 17.2 Å². The van der Waals surface area contributed by atoms with Crippen molar-refractivity contribution in [3.05, 3.63) is 23.3 Å². The molecule has 0 atom stereocenters. The fourth-order valence-electron chi connectivity index (χ4n) is 3.03. The van der Waals surface area contributed by atoms with Crippen molar-refractivity contribution in [2.75, 3.05) is 20.8 Å². The lowest BCUT2D eigenvalue weighted by molar-refractivity contribution is 0.0921. The summed E-state index contributed by atoms with van der Waals surface area (Å²) in [5.74, 6) is 1.85. The quantitative estimate of drug-likeness (QED) is 0.875. The fourth-order valence-corrected chi connectivity index (χ4v) is 3.03. The van der Waals surface area contributed by atoms with Gasteiger partial charge in [-0.2, -0.15) is 0 Å². The summed E-state index contributed by atoms with van der Waals surface area (Å²) >= 11 is 0. The lowest BCUT2D eigenvalue weighted by Gasteiger charge is -2.28. The van der Waals surface area contributed by atoms with Gasteiger partial charge in [-0.1, -0.05) is 0 Å². The Labute approximate surface area is 132 Å². The minimum absolute atomic E-state index is 0.0761. The third-order valence-electron chi connectivity index (χ3n) is 4.53. The molecule has 0 radical (unpaired) electrons. The predicted molar refractivity (Wildman–Crippen MR) is 86.5 cm³/mol. The number of rotatable bonds is 5. The van der Waals surface area contributed by atoms with Crippen LogP contribution in [0.15, 0.2) is 12.1 Å². The molecule has 1 aromatic carbocycles. The molecular weight excluding hydrogens is 280 g/mol. The van der Waals surface area contributed by atoms with E-state index in [1.165, 1.54) is 0 Å². The van der Waals surface area contributed by atoms with E-state index in [0.717, 1.165) is 37.8 Å². The minimum atomic E-state index is -0.0761. The van der Waals surface area contributed by atoms with Gasteiger partial charge in [0.1, 0.15) is 11.5 Å². The van der Waals surface area contributed by atoms with E-state index >= 15 is 0 Å². The monoisotopic (exact) mass is 306 g/mol. The molecule has 0 spiro atoms. The highest BCUT2D eigenvalue weighted by molar-refractivity contribution is 5.95. The maximum absolute atomic E-state index is 12.5. The van der Waals surface area contributed by atoms with Crippen LogP contribution >= 0.6 is 0 Å². The molecule has 0 aromatic heterocycles. The first-order valence-corrected chi connectivity index (χ1v) is 7.82. The fraction of sp³-hybridized carbons (Fsp3) is 0.588. The van der Waals surface area contributed by atoms with Crippen molar-refractivity contribution in [1.82, 2.24) is 5.32 Å². The average Bonchev–Trinajstić information content (AvgIpc) is 2.55. The number of carbonyl (C=O) groups excluding carboxylic acids is 1. The van der Waals surface area contributed by atoms with Crippen molar-refractivity contribution in [2.24, 2.45) is 11.7 Å². The van der Waals surface area contributed by atoms with Gasteiger partial charge in [-0.25, -0.2) is 0 Å². The Balaban J connectivity index is 2.06. The summed E-state index contributed by atoms with van der Waals surface area (Å²) in [6, 6.07) is 3.76. The Morgan fingerprint density at radius 3 is 2.18 bits per heavy atom. The maximum Gasteiger partial charge on any atom is 0.251 e. The van der Waals surface area contributed by atoms with Gasteiger partial charge in [-0.15, -0.1) is 0 Å². The number of ether oxygens (including phenoxy) is 2. The predicted octanol–water partition coefficient (Wildman–Crippen LogP) is 2.26. The molecule has 1 aliphatic rings. The Kier molecular flexibility index (Phi) is 5.66. The van der Waals surface area contributed by atoms with E-state index in [1.54, 1.807) is 26.4 Å². The average molecular weight is 306 g/mol. The molecule has 0 aliphatic heterocycles. The molecule has 1 saturated carbocycles. The minimum Gasteiger partial charge on any atom is -0.496 e. The molecule has 2 rings (SSSR count). The van der Waals surface area contributed by atoms with Crippen molar-refractivity contribution in [2.45, 2.75) is 38.6 Å². The van der Waals surface area contributed by atoms with E-state index in [9.17, 15) is 4.79 Å². The van der Waals surface area contributed by atoms with E-state index in [0.29, 0.717) is 23.0 Å². The zero-order valence-corrected chi connectivity index (χ0v) is 13.6. The van der Waals surface area contributed by atoms with Crippen LogP contribution in [0.25, 0.3) is 0 Å². The molecule has 0 saturated heterocycles. The van der Waals surface area contributed by atoms with Gasteiger partial charge in [0.15, 0.2) is 0 Å². The summed E-state index contributed by atoms with van der Waals surface area (Å²) in [4.78, 5) is 12.5. The number of amides is 1. The van der Waals surface area contributed by atoms with E-state index in [1.807, 2.05) is 6.92 Å². The van der Waals surface area contributed by atoms with Crippen molar-refractivity contribution in [3.63, 3.8) is 0 Å². The summed E-state index contributed by atoms with van der Waals surface area (Å²) in [5.41, 5.74) is 7.17. The van der Waals surface area contributed by atoms with Crippen LogP contribution in [0.2, 0.25) is 0 Å². The zero-order chi connectivity index (χ0) is 16.1. The summed E-state index contributed by atoms with van der Waals surface area (Å²) in [6.45, 7) is 2.65. The van der Waals surface area contributed by atoms with Crippen molar-refractivity contribution >= 4 is 5.91 Å². The Hall–Kier alpha value is -1.75. The van der Waals surface area contributed by atoms with E-state index in [4.69, 9.17) is 15.2 Å². The summed E-state index contributed by atoms with van der Waals surface area (Å²) < 4.78 is 10.6. The number of benzene rings is 1. The Morgan fingerprint density at radius 1 is 1.18 bits per heavy atom. The van der Waals surface area contributed by atoms with Crippen molar-refractivity contribution in [3.8, 4) is 11.5 Å². The van der Waals surface area contributed by atoms with Crippen LogP contribution in [0.3, 0.4) is 0 Å². The smallest absolute Gasteiger partial charge is 0.251 e. The van der Waals surface area contributed by atoms with Crippen LogP contribution in [0.5, 0.6) is 11.5 Å². The molecule has 5 heteroatoms. The van der Waals surface area contributed by atoms with Gasteiger partial charge in [0.25, 0.3) is 5.91 Å². The van der Waals surface area contributed by atoms with Gasteiger partial charge in [0.05, 0.1) is 14.2 Å². The molecule has 1 aromatic rings. The topological polar surface area (TPSA) is 73.6 Å². The van der Waals surface area contributed by atoms with Crippen LogP contribution in [-0.4, -0.2) is 32.7 Å². The number of nitrogens with two attached hydrogens (primary N) is 1. The molecule has 1 aliphatic carbocycles. The highest BCUT2D eigenvalue weighted by Gasteiger charge is 2.22. The third kappa shape index (κ3) is 3.71. The number of carbonyl (C=O) groups is 1.